The van der Waals surface area contributed by atoms with E-state index in [2.05, 4.69) is 31.9 Å². The molecule has 0 radical (unpaired) electrons. The summed E-state index contributed by atoms with van der Waals surface area (Å²) in [7, 11) is 1.56. The Balaban J connectivity index is 2.49. The van der Waals surface area contributed by atoms with Gasteiger partial charge in [-0.15, -0.1) is 0 Å². The Hall–Kier alpha value is -0.910. The van der Waals surface area contributed by atoms with E-state index in [0.29, 0.717) is 11.3 Å². The first-order valence-corrected chi connectivity index (χ1v) is 7.15. The smallest absolute Gasteiger partial charge is 0.128 e. The van der Waals surface area contributed by atoms with Crippen molar-refractivity contribution in [3.63, 3.8) is 0 Å². The second-order valence-corrected chi connectivity index (χ2v) is 5.86. The monoisotopic (exact) mass is 387 g/mol. The minimum absolute atomic E-state index is 0.333. The lowest BCUT2D eigenvalue weighted by molar-refractivity contribution is 0.407. The number of hydrogen-bond donors (Lipinski definition) is 1. The van der Waals surface area contributed by atoms with Crippen LogP contribution in [0.4, 0.5) is 4.39 Å². The summed E-state index contributed by atoms with van der Waals surface area (Å²) in [5, 5.41) is 0. The average Bonchev–Trinajstić information content (AvgIpc) is 2.40. The van der Waals surface area contributed by atoms with E-state index in [1.807, 2.05) is 18.2 Å². The fraction of sp³-hybridized carbons (Fsp3) is 0.143. The van der Waals surface area contributed by atoms with Gasteiger partial charge in [0.25, 0.3) is 0 Å². The van der Waals surface area contributed by atoms with Crippen LogP contribution in [0, 0.1) is 5.82 Å². The number of halogens is 3. The second-order valence-electron chi connectivity index (χ2n) is 4.03. The van der Waals surface area contributed by atoms with E-state index in [4.69, 9.17) is 10.5 Å². The predicted octanol–water partition coefficient (Wildman–Crippen LogP) is 4.41. The SMILES string of the molecule is COc1cc(Br)ccc1C(N)c1cc(Br)ccc1F. The van der Waals surface area contributed by atoms with E-state index in [-0.39, 0.29) is 5.82 Å². The standard InChI is InChI=1S/C14H12Br2FNO/c1-19-13-7-9(16)2-4-10(13)14(18)11-6-8(15)3-5-12(11)17/h2-7,14H,18H2,1H3. The van der Waals surface area contributed by atoms with Crippen LogP contribution in [0.5, 0.6) is 5.75 Å². The van der Waals surface area contributed by atoms with E-state index in [0.717, 1.165) is 14.5 Å². The van der Waals surface area contributed by atoms with Crippen LogP contribution >= 0.6 is 31.9 Å². The first-order valence-electron chi connectivity index (χ1n) is 5.57. The van der Waals surface area contributed by atoms with Gasteiger partial charge in [0.2, 0.25) is 0 Å². The molecule has 0 bridgehead atoms. The number of benzene rings is 2. The lowest BCUT2D eigenvalue weighted by Crippen LogP contribution is -2.14. The third-order valence-electron chi connectivity index (χ3n) is 2.82. The van der Waals surface area contributed by atoms with Crippen LogP contribution in [0.1, 0.15) is 17.2 Å². The molecule has 0 amide bonds. The molecule has 2 nitrogen and oxygen atoms in total. The van der Waals surface area contributed by atoms with Gasteiger partial charge < -0.3 is 10.5 Å². The molecular formula is C14H12Br2FNO. The first-order chi connectivity index (χ1) is 9.02. The fourth-order valence-electron chi connectivity index (χ4n) is 1.86. The van der Waals surface area contributed by atoms with Crippen molar-refractivity contribution in [2.45, 2.75) is 6.04 Å². The Bertz CT molecular complexity index is 604. The van der Waals surface area contributed by atoms with Crippen molar-refractivity contribution in [3.8, 4) is 5.75 Å². The summed E-state index contributed by atoms with van der Waals surface area (Å²) in [6.45, 7) is 0. The number of rotatable bonds is 3. The Morgan fingerprint density at radius 3 is 2.37 bits per heavy atom. The summed E-state index contributed by atoms with van der Waals surface area (Å²) >= 11 is 6.69. The predicted molar refractivity (Wildman–Crippen MR) is 80.8 cm³/mol. The summed E-state index contributed by atoms with van der Waals surface area (Å²) in [4.78, 5) is 0. The van der Waals surface area contributed by atoms with Gasteiger partial charge in [0.1, 0.15) is 11.6 Å². The Labute approximate surface area is 128 Å². The zero-order valence-electron chi connectivity index (χ0n) is 10.2. The normalized spacial score (nSPS) is 12.3. The average molecular weight is 389 g/mol. The Morgan fingerprint density at radius 2 is 1.68 bits per heavy atom. The maximum absolute atomic E-state index is 13.9. The van der Waals surface area contributed by atoms with Gasteiger partial charge in [-0.3, -0.25) is 0 Å². The zero-order chi connectivity index (χ0) is 14.0. The van der Waals surface area contributed by atoms with Gasteiger partial charge in [-0.2, -0.15) is 0 Å². The Kier molecular flexibility index (Phi) is 4.60. The van der Waals surface area contributed by atoms with Crippen molar-refractivity contribution in [2.75, 3.05) is 7.11 Å². The van der Waals surface area contributed by atoms with E-state index in [9.17, 15) is 4.39 Å². The summed E-state index contributed by atoms with van der Waals surface area (Å²) in [5.41, 5.74) is 7.32. The highest BCUT2D eigenvalue weighted by molar-refractivity contribution is 9.10. The molecule has 2 aromatic carbocycles. The van der Waals surface area contributed by atoms with Gasteiger partial charge in [0, 0.05) is 20.1 Å². The molecule has 0 aromatic heterocycles. The molecule has 5 heteroatoms. The van der Waals surface area contributed by atoms with Crippen molar-refractivity contribution in [1.82, 2.24) is 0 Å². The first kappa shape index (κ1) is 14.5. The molecule has 2 aromatic rings. The summed E-state index contributed by atoms with van der Waals surface area (Å²) < 4.78 is 20.8. The molecule has 0 aliphatic heterocycles. The maximum atomic E-state index is 13.9. The van der Waals surface area contributed by atoms with Crippen molar-refractivity contribution in [2.24, 2.45) is 5.73 Å². The number of methoxy groups -OCH3 is 1. The van der Waals surface area contributed by atoms with Crippen molar-refractivity contribution in [3.05, 3.63) is 62.3 Å². The highest BCUT2D eigenvalue weighted by Crippen LogP contribution is 2.32. The van der Waals surface area contributed by atoms with Crippen LogP contribution in [0.25, 0.3) is 0 Å². The minimum atomic E-state index is -0.583. The molecule has 0 fully saturated rings. The topological polar surface area (TPSA) is 35.2 Å². The van der Waals surface area contributed by atoms with Crippen LogP contribution in [0.2, 0.25) is 0 Å². The largest absolute Gasteiger partial charge is 0.496 e. The molecule has 0 saturated heterocycles. The van der Waals surface area contributed by atoms with E-state index in [1.165, 1.54) is 6.07 Å². The highest BCUT2D eigenvalue weighted by atomic mass is 79.9. The zero-order valence-corrected chi connectivity index (χ0v) is 13.3. The van der Waals surface area contributed by atoms with E-state index in [1.54, 1.807) is 19.2 Å². The lowest BCUT2D eigenvalue weighted by Gasteiger charge is -2.17. The third-order valence-corrected chi connectivity index (χ3v) is 3.81. The molecular weight excluding hydrogens is 377 g/mol. The summed E-state index contributed by atoms with van der Waals surface area (Å²) in [6, 6.07) is 9.63. The summed E-state index contributed by atoms with van der Waals surface area (Å²) in [5.74, 6) is 0.293. The molecule has 0 saturated carbocycles. The number of ether oxygens (including phenoxy) is 1. The highest BCUT2D eigenvalue weighted by Gasteiger charge is 2.18. The van der Waals surface area contributed by atoms with Crippen molar-refractivity contribution < 1.29 is 9.13 Å². The van der Waals surface area contributed by atoms with Gasteiger partial charge in [-0.05, 0) is 30.3 Å². The molecule has 0 aliphatic rings. The molecule has 1 atom stereocenters. The molecule has 100 valence electrons. The van der Waals surface area contributed by atoms with Gasteiger partial charge in [-0.25, -0.2) is 4.39 Å². The van der Waals surface area contributed by atoms with Gasteiger partial charge in [-0.1, -0.05) is 37.9 Å². The molecule has 19 heavy (non-hydrogen) atoms. The van der Waals surface area contributed by atoms with Gasteiger partial charge >= 0.3 is 0 Å². The van der Waals surface area contributed by atoms with Gasteiger partial charge in [0.05, 0.1) is 13.2 Å². The van der Waals surface area contributed by atoms with Crippen LogP contribution in [0.15, 0.2) is 45.3 Å². The van der Waals surface area contributed by atoms with Crippen molar-refractivity contribution >= 4 is 31.9 Å². The second kappa shape index (κ2) is 6.03. The van der Waals surface area contributed by atoms with Crippen LogP contribution in [-0.2, 0) is 0 Å². The number of nitrogens with two attached hydrogens (primary N) is 1. The molecule has 2 N–H and O–H groups in total. The Morgan fingerprint density at radius 1 is 1.05 bits per heavy atom. The van der Waals surface area contributed by atoms with Crippen LogP contribution in [0.3, 0.4) is 0 Å². The minimum Gasteiger partial charge on any atom is -0.496 e. The maximum Gasteiger partial charge on any atom is 0.128 e. The van der Waals surface area contributed by atoms with Gasteiger partial charge in [0.15, 0.2) is 0 Å². The van der Waals surface area contributed by atoms with Crippen molar-refractivity contribution in [1.29, 1.82) is 0 Å². The molecule has 0 heterocycles. The lowest BCUT2D eigenvalue weighted by atomic mass is 9.98. The fourth-order valence-corrected chi connectivity index (χ4v) is 2.58. The molecule has 0 spiro atoms. The molecule has 2 rings (SSSR count). The molecule has 0 aliphatic carbocycles. The van der Waals surface area contributed by atoms with E-state index >= 15 is 0 Å². The summed E-state index contributed by atoms with van der Waals surface area (Å²) in [6.07, 6.45) is 0. The number of hydrogen-bond acceptors (Lipinski definition) is 2. The molecule has 1 unspecified atom stereocenters. The van der Waals surface area contributed by atoms with Crippen LogP contribution < -0.4 is 10.5 Å². The quantitative estimate of drug-likeness (QED) is 0.845. The van der Waals surface area contributed by atoms with E-state index < -0.39 is 6.04 Å². The van der Waals surface area contributed by atoms with Crippen LogP contribution in [-0.4, -0.2) is 7.11 Å². The third kappa shape index (κ3) is 3.16.